The number of nitrogens with one attached hydrogen (secondary N) is 2. The number of carbonyl (C=O) groups excluding carboxylic acids is 1. The maximum absolute atomic E-state index is 12.5. The van der Waals surface area contributed by atoms with E-state index in [1.54, 1.807) is 10.6 Å². The molecule has 1 atom stereocenters. The van der Waals surface area contributed by atoms with E-state index in [-0.39, 0.29) is 28.2 Å². The highest BCUT2D eigenvalue weighted by molar-refractivity contribution is 7.71. The average Bonchev–Trinajstić information content (AvgIpc) is 3.02. The van der Waals surface area contributed by atoms with Crippen LogP contribution in [0, 0.1) is 4.77 Å². The fraction of sp³-hybridized carbons (Fsp3) is 0.333. The molecular weight excluding hydrogens is 388 g/mol. The van der Waals surface area contributed by atoms with Gasteiger partial charge in [-0.3, -0.25) is 19.1 Å². The quantitative estimate of drug-likeness (QED) is 0.632. The highest BCUT2D eigenvalue weighted by Crippen LogP contribution is 2.26. The highest BCUT2D eigenvalue weighted by atomic mass is 32.1. The Balaban J connectivity index is 2.15. The maximum atomic E-state index is 12.5. The van der Waals surface area contributed by atoms with E-state index in [1.165, 1.54) is 6.92 Å². The third kappa shape index (κ3) is 4.22. The van der Waals surface area contributed by atoms with Crippen molar-refractivity contribution in [3.05, 3.63) is 61.2 Å². The molecule has 1 aromatic heterocycles. The number of nitrogens with zero attached hydrogens (tertiary/aromatic N) is 2. The van der Waals surface area contributed by atoms with Crippen molar-refractivity contribution < 1.29 is 9.90 Å². The zero-order valence-electron chi connectivity index (χ0n) is 16.7. The molecule has 0 saturated heterocycles. The van der Waals surface area contributed by atoms with E-state index in [9.17, 15) is 14.7 Å². The van der Waals surface area contributed by atoms with Gasteiger partial charge in [-0.05, 0) is 49.7 Å². The maximum Gasteiger partial charge on any atom is 0.262 e. The fourth-order valence-electron chi connectivity index (χ4n) is 3.32. The van der Waals surface area contributed by atoms with Crippen molar-refractivity contribution in [3.8, 4) is 5.88 Å². The van der Waals surface area contributed by atoms with Crippen LogP contribution >= 0.6 is 12.2 Å². The van der Waals surface area contributed by atoms with Crippen LogP contribution in [0.1, 0.15) is 45.2 Å². The second kappa shape index (κ2) is 8.57. The van der Waals surface area contributed by atoms with Gasteiger partial charge in [-0.25, -0.2) is 4.99 Å². The van der Waals surface area contributed by atoms with E-state index in [1.807, 2.05) is 38.1 Å². The van der Waals surface area contributed by atoms with E-state index in [0.29, 0.717) is 18.7 Å². The van der Waals surface area contributed by atoms with Gasteiger partial charge < -0.3 is 10.4 Å². The normalized spacial score (nSPS) is 15.1. The Hall–Kier alpha value is -3.00. The second-order valence-electron chi connectivity index (χ2n) is 6.99. The first-order valence-corrected chi connectivity index (χ1v) is 9.95. The largest absolute Gasteiger partial charge is 0.494 e. The van der Waals surface area contributed by atoms with Crippen molar-refractivity contribution in [2.24, 2.45) is 4.99 Å². The van der Waals surface area contributed by atoms with Crippen LogP contribution in [0.5, 0.6) is 5.88 Å². The standard InChI is InChI=1S/C21H24N4O3S/c1-4-12(2)25-20(28)16(19(27)24-21(25)29)11-18-15(9-10-22-13(3)26)14-7-5-6-8-17(14)23-18/h5-8,11-12,28H,4,9-10H2,1-3H3,(H,22,26)(H,24,27,29)/t12-/m0/s1. The van der Waals surface area contributed by atoms with E-state index < -0.39 is 5.56 Å². The van der Waals surface area contributed by atoms with Crippen LogP contribution < -0.4 is 21.5 Å². The smallest absolute Gasteiger partial charge is 0.262 e. The zero-order chi connectivity index (χ0) is 21.1. The number of aromatic amines is 1. The van der Waals surface area contributed by atoms with Crippen molar-refractivity contribution in [1.29, 1.82) is 0 Å². The lowest BCUT2D eigenvalue weighted by Gasteiger charge is -2.17. The zero-order valence-corrected chi connectivity index (χ0v) is 17.5. The van der Waals surface area contributed by atoms with Crippen LogP contribution in [-0.2, 0) is 4.79 Å². The molecule has 3 rings (SSSR count). The van der Waals surface area contributed by atoms with Crippen molar-refractivity contribution in [1.82, 2.24) is 14.9 Å². The molecule has 0 fully saturated rings. The molecule has 152 valence electrons. The predicted molar refractivity (Wildman–Crippen MR) is 114 cm³/mol. The Morgan fingerprint density at radius 3 is 2.83 bits per heavy atom. The number of hydrogen-bond donors (Lipinski definition) is 3. The summed E-state index contributed by atoms with van der Waals surface area (Å²) in [5, 5.41) is 15.3. The summed E-state index contributed by atoms with van der Waals surface area (Å²) in [6, 6.07) is 7.59. The van der Waals surface area contributed by atoms with Gasteiger partial charge >= 0.3 is 0 Å². The van der Waals surface area contributed by atoms with Crippen LogP contribution in [-0.4, -0.2) is 27.1 Å². The number of para-hydroxylation sites is 1. The minimum Gasteiger partial charge on any atom is -0.494 e. The molecule has 0 radical (unpaired) electrons. The molecule has 0 aliphatic carbocycles. The van der Waals surface area contributed by atoms with Gasteiger partial charge in [0.05, 0.1) is 11.1 Å². The molecule has 1 aromatic carbocycles. The van der Waals surface area contributed by atoms with Crippen LogP contribution in [0.25, 0.3) is 11.6 Å². The van der Waals surface area contributed by atoms with E-state index >= 15 is 0 Å². The number of aromatic nitrogens is 2. The molecule has 2 heterocycles. The van der Waals surface area contributed by atoms with Crippen molar-refractivity contribution in [2.45, 2.75) is 39.7 Å². The average molecular weight is 413 g/mol. The molecule has 2 aromatic rings. The lowest BCUT2D eigenvalue weighted by atomic mass is 10.1. The minimum absolute atomic E-state index is 0.0718. The molecular formula is C21H24N4O3S. The Morgan fingerprint density at radius 1 is 1.41 bits per heavy atom. The molecule has 0 bridgehead atoms. The Morgan fingerprint density at radius 2 is 2.14 bits per heavy atom. The van der Waals surface area contributed by atoms with Gasteiger partial charge in [-0.15, -0.1) is 0 Å². The molecule has 3 N–H and O–H groups in total. The summed E-state index contributed by atoms with van der Waals surface area (Å²) in [5.74, 6) is -0.281. The van der Waals surface area contributed by atoms with Gasteiger partial charge in [0.1, 0.15) is 5.56 Å². The molecule has 1 amide bonds. The van der Waals surface area contributed by atoms with E-state index in [0.717, 1.165) is 22.6 Å². The van der Waals surface area contributed by atoms with Gasteiger partial charge in [-0.2, -0.15) is 0 Å². The van der Waals surface area contributed by atoms with E-state index in [4.69, 9.17) is 12.2 Å². The summed E-state index contributed by atoms with van der Waals surface area (Å²) < 4.78 is 1.73. The lowest BCUT2D eigenvalue weighted by Crippen LogP contribution is -2.25. The summed E-state index contributed by atoms with van der Waals surface area (Å²) in [4.78, 5) is 31.1. The molecule has 8 heteroatoms. The number of fused-ring (bicyclic) bond motifs is 1. The van der Waals surface area contributed by atoms with Crippen LogP contribution in [0.2, 0.25) is 0 Å². The fourth-order valence-corrected chi connectivity index (χ4v) is 3.68. The number of aromatic hydroxyl groups is 1. The Bertz CT molecular complexity index is 1220. The SMILES string of the molecule is CC[C@H](C)n1c(O)c(C=C2N=c3ccccc3=C2CCNC(C)=O)c(=O)[nH]c1=S. The molecule has 0 unspecified atom stereocenters. The number of hydrogen-bond acceptors (Lipinski definition) is 5. The first kappa shape index (κ1) is 20.7. The Labute approximate surface area is 173 Å². The third-order valence-corrected chi connectivity index (χ3v) is 5.29. The van der Waals surface area contributed by atoms with Crippen LogP contribution in [0.3, 0.4) is 0 Å². The number of carbonyl (C=O) groups is 1. The van der Waals surface area contributed by atoms with Crippen molar-refractivity contribution in [2.75, 3.05) is 6.54 Å². The third-order valence-electron chi connectivity index (χ3n) is 4.99. The minimum atomic E-state index is -0.466. The van der Waals surface area contributed by atoms with Gasteiger partial charge in [0.2, 0.25) is 11.8 Å². The second-order valence-corrected chi connectivity index (χ2v) is 7.38. The molecule has 1 aliphatic rings. The summed E-state index contributed by atoms with van der Waals surface area (Å²) >= 11 is 5.23. The molecule has 1 aliphatic heterocycles. The number of allylic oxidation sites excluding steroid dienone is 1. The van der Waals surface area contributed by atoms with E-state index in [2.05, 4.69) is 15.3 Å². The first-order valence-electron chi connectivity index (χ1n) is 9.54. The number of rotatable bonds is 6. The highest BCUT2D eigenvalue weighted by Gasteiger charge is 2.18. The number of benzene rings is 1. The number of H-pyrrole nitrogens is 1. The van der Waals surface area contributed by atoms with Gasteiger partial charge in [0.25, 0.3) is 5.56 Å². The first-order chi connectivity index (χ1) is 13.8. The van der Waals surface area contributed by atoms with Gasteiger partial charge in [0, 0.05) is 24.7 Å². The van der Waals surface area contributed by atoms with Crippen molar-refractivity contribution in [3.63, 3.8) is 0 Å². The summed E-state index contributed by atoms with van der Waals surface area (Å²) in [7, 11) is 0. The molecule has 0 saturated carbocycles. The predicted octanol–water partition coefficient (Wildman–Crippen LogP) is 1.93. The summed E-state index contributed by atoms with van der Waals surface area (Å²) in [5.41, 5.74) is 1.14. The lowest BCUT2D eigenvalue weighted by molar-refractivity contribution is -0.118. The summed E-state index contributed by atoms with van der Waals surface area (Å²) in [6.07, 6.45) is 2.88. The number of amides is 1. The monoisotopic (exact) mass is 412 g/mol. The van der Waals surface area contributed by atoms with Gasteiger partial charge in [-0.1, -0.05) is 25.1 Å². The molecule has 0 spiro atoms. The van der Waals surface area contributed by atoms with Crippen LogP contribution in [0.15, 0.2) is 39.7 Å². The van der Waals surface area contributed by atoms with Crippen molar-refractivity contribution >= 4 is 29.8 Å². The molecule has 29 heavy (non-hydrogen) atoms. The molecule has 7 nitrogen and oxygen atoms in total. The Kier molecular flexibility index (Phi) is 6.12. The summed E-state index contributed by atoms with van der Waals surface area (Å²) in [6.45, 7) is 5.82. The van der Waals surface area contributed by atoms with Gasteiger partial charge in [0.15, 0.2) is 4.77 Å². The van der Waals surface area contributed by atoms with Crippen LogP contribution in [0.4, 0.5) is 0 Å². The topological polar surface area (TPSA) is 99.5 Å².